The van der Waals surface area contributed by atoms with Crippen molar-refractivity contribution in [1.29, 1.82) is 0 Å². The predicted molar refractivity (Wildman–Crippen MR) is 60.1 cm³/mol. The lowest BCUT2D eigenvalue weighted by Crippen LogP contribution is -2.25. The zero-order chi connectivity index (χ0) is 10.4. The molecule has 0 saturated carbocycles. The van der Waals surface area contributed by atoms with Gasteiger partial charge < -0.3 is 10.1 Å². The molecule has 2 heteroatoms. The average Bonchev–Trinajstić information content (AvgIpc) is 2.16. The van der Waals surface area contributed by atoms with Gasteiger partial charge in [-0.1, -0.05) is 19.4 Å². The summed E-state index contributed by atoms with van der Waals surface area (Å²) < 4.78 is 5.47. The van der Waals surface area contributed by atoms with Gasteiger partial charge in [-0.2, -0.15) is 0 Å². The molecular formula is C12H21NO. The molecule has 1 aliphatic rings. The van der Waals surface area contributed by atoms with Crippen LogP contribution < -0.4 is 5.32 Å². The molecule has 0 saturated heterocycles. The molecule has 0 spiro atoms. The minimum absolute atomic E-state index is 0.286. The van der Waals surface area contributed by atoms with Gasteiger partial charge in [0.05, 0.1) is 6.26 Å². The Labute approximate surface area is 87.0 Å². The highest BCUT2D eigenvalue weighted by Gasteiger charge is 2.07. The van der Waals surface area contributed by atoms with E-state index in [1.54, 1.807) is 0 Å². The van der Waals surface area contributed by atoms with E-state index in [9.17, 15) is 0 Å². The summed E-state index contributed by atoms with van der Waals surface area (Å²) >= 11 is 0. The summed E-state index contributed by atoms with van der Waals surface area (Å²) in [5.74, 6) is 0. The molecule has 1 rings (SSSR count). The quantitative estimate of drug-likeness (QED) is 0.696. The first-order valence-electron chi connectivity index (χ1n) is 5.39. The molecule has 0 fully saturated rings. The van der Waals surface area contributed by atoms with Gasteiger partial charge in [0.2, 0.25) is 0 Å². The van der Waals surface area contributed by atoms with Crippen LogP contribution in [-0.4, -0.2) is 18.7 Å². The fraction of sp³-hybridized carbons (Fsp3) is 0.667. The molecule has 0 amide bonds. The smallest absolute Gasteiger partial charge is 0.116 e. The van der Waals surface area contributed by atoms with Gasteiger partial charge in [0.25, 0.3) is 0 Å². The van der Waals surface area contributed by atoms with Crippen molar-refractivity contribution in [2.75, 3.05) is 6.54 Å². The fourth-order valence-electron chi connectivity index (χ4n) is 1.42. The highest BCUT2D eigenvalue weighted by molar-refractivity contribution is 5.06. The average molecular weight is 195 g/mol. The maximum Gasteiger partial charge on any atom is 0.116 e. The third-order valence-electron chi connectivity index (χ3n) is 2.23. The van der Waals surface area contributed by atoms with Gasteiger partial charge in [-0.15, -0.1) is 0 Å². The normalized spacial score (nSPS) is 22.6. The Morgan fingerprint density at radius 1 is 1.64 bits per heavy atom. The van der Waals surface area contributed by atoms with Crippen LogP contribution in [0.1, 0.15) is 33.6 Å². The number of allylic oxidation sites excluding steroid dienone is 1. The van der Waals surface area contributed by atoms with Crippen LogP contribution in [-0.2, 0) is 4.74 Å². The van der Waals surface area contributed by atoms with E-state index in [2.05, 4.69) is 38.2 Å². The lowest BCUT2D eigenvalue weighted by Gasteiger charge is -2.17. The number of rotatable bonds is 4. The van der Waals surface area contributed by atoms with E-state index < -0.39 is 0 Å². The highest BCUT2D eigenvalue weighted by atomic mass is 16.5. The predicted octanol–water partition coefficient (Wildman–Crippen LogP) is 2.62. The largest absolute Gasteiger partial charge is 0.494 e. The van der Waals surface area contributed by atoms with Gasteiger partial charge in [-0.25, -0.2) is 0 Å². The van der Waals surface area contributed by atoms with E-state index >= 15 is 0 Å². The molecule has 0 aromatic carbocycles. The Balaban J connectivity index is 2.30. The maximum absolute atomic E-state index is 5.47. The number of hydrogen-bond acceptors (Lipinski definition) is 2. The summed E-state index contributed by atoms with van der Waals surface area (Å²) in [6.07, 6.45) is 8.63. The van der Waals surface area contributed by atoms with Crippen LogP contribution in [0.3, 0.4) is 0 Å². The summed E-state index contributed by atoms with van der Waals surface area (Å²) in [5, 5.41) is 3.39. The lowest BCUT2D eigenvalue weighted by molar-refractivity contribution is 0.164. The minimum Gasteiger partial charge on any atom is -0.494 e. The molecule has 0 radical (unpaired) electrons. The first-order valence-corrected chi connectivity index (χ1v) is 5.39. The van der Waals surface area contributed by atoms with Crippen LogP contribution in [0.2, 0.25) is 0 Å². The van der Waals surface area contributed by atoms with Crippen molar-refractivity contribution in [3.05, 3.63) is 24.0 Å². The molecule has 2 nitrogen and oxygen atoms in total. The van der Waals surface area contributed by atoms with Gasteiger partial charge in [-0.05, 0) is 31.9 Å². The van der Waals surface area contributed by atoms with Gasteiger partial charge >= 0.3 is 0 Å². The second kappa shape index (κ2) is 5.86. The first-order chi connectivity index (χ1) is 6.68. The van der Waals surface area contributed by atoms with Crippen molar-refractivity contribution < 1.29 is 4.74 Å². The monoisotopic (exact) mass is 195 g/mol. The van der Waals surface area contributed by atoms with Crippen LogP contribution in [0.4, 0.5) is 0 Å². The topological polar surface area (TPSA) is 21.3 Å². The van der Waals surface area contributed by atoms with E-state index in [4.69, 9.17) is 4.74 Å². The summed E-state index contributed by atoms with van der Waals surface area (Å²) in [5.41, 5.74) is 1.36. The second-order valence-electron chi connectivity index (χ2n) is 4.17. The van der Waals surface area contributed by atoms with E-state index in [1.807, 2.05) is 6.26 Å². The molecule has 1 heterocycles. The Morgan fingerprint density at radius 3 is 3.00 bits per heavy atom. The van der Waals surface area contributed by atoms with Gasteiger partial charge in [0.15, 0.2) is 0 Å². The van der Waals surface area contributed by atoms with Gasteiger partial charge in [0.1, 0.15) is 6.10 Å². The molecule has 0 aromatic heterocycles. The standard InChI is InChI=1S/C12H21NO/c1-10(2)13-9-11(3)8-12-6-4-5-7-14-12/h5,7-8,10,12-13H,4,6,9H2,1-3H3/b11-8+. The number of ether oxygens (including phenoxy) is 1. The molecule has 0 bridgehead atoms. The minimum atomic E-state index is 0.286. The maximum atomic E-state index is 5.47. The highest BCUT2D eigenvalue weighted by Crippen LogP contribution is 2.12. The molecule has 80 valence electrons. The van der Waals surface area contributed by atoms with Crippen molar-refractivity contribution in [3.8, 4) is 0 Å². The molecule has 0 aromatic rings. The molecule has 1 aliphatic heterocycles. The van der Waals surface area contributed by atoms with Crippen molar-refractivity contribution in [2.45, 2.75) is 45.8 Å². The zero-order valence-electron chi connectivity index (χ0n) is 9.42. The van der Waals surface area contributed by atoms with Crippen LogP contribution in [0.15, 0.2) is 24.0 Å². The fourth-order valence-corrected chi connectivity index (χ4v) is 1.42. The van der Waals surface area contributed by atoms with Crippen molar-refractivity contribution in [3.63, 3.8) is 0 Å². The van der Waals surface area contributed by atoms with Crippen molar-refractivity contribution in [2.24, 2.45) is 0 Å². The molecule has 14 heavy (non-hydrogen) atoms. The summed E-state index contributed by atoms with van der Waals surface area (Å²) in [6, 6.07) is 0.547. The Hall–Kier alpha value is -0.760. The summed E-state index contributed by atoms with van der Waals surface area (Å²) in [6.45, 7) is 7.43. The molecule has 1 N–H and O–H groups in total. The first kappa shape index (κ1) is 11.3. The molecule has 1 atom stereocenters. The SMILES string of the molecule is C/C(=C\C1CCC=CO1)CNC(C)C. The molecule has 0 aliphatic carbocycles. The van der Waals surface area contributed by atoms with E-state index in [0.717, 1.165) is 19.4 Å². The lowest BCUT2D eigenvalue weighted by atomic mass is 10.1. The second-order valence-corrected chi connectivity index (χ2v) is 4.17. The Morgan fingerprint density at radius 2 is 2.43 bits per heavy atom. The summed E-state index contributed by atoms with van der Waals surface area (Å²) in [7, 11) is 0. The van der Waals surface area contributed by atoms with Gasteiger partial charge in [-0.3, -0.25) is 0 Å². The summed E-state index contributed by atoms with van der Waals surface area (Å²) in [4.78, 5) is 0. The Bertz CT molecular complexity index is 218. The number of nitrogens with one attached hydrogen (secondary N) is 1. The zero-order valence-corrected chi connectivity index (χ0v) is 9.42. The van der Waals surface area contributed by atoms with E-state index in [-0.39, 0.29) is 6.10 Å². The van der Waals surface area contributed by atoms with Crippen molar-refractivity contribution >= 4 is 0 Å². The molecular weight excluding hydrogens is 174 g/mol. The van der Waals surface area contributed by atoms with Crippen LogP contribution in [0, 0.1) is 0 Å². The third-order valence-corrected chi connectivity index (χ3v) is 2.23. The van der Waals surface area contributed by atoms with Crippen LogP contribution in [0.25, 0.3) is 0 Å². The number of hydrogen-bond donors (Lipinski definition) is 1. The van der Waals surface area contributed by atoms with E-state index in [0.29, 0.717) is 6.04 Å². The van der Waals surface area contributed by atoms with Gasteiger partial charge in [0, 0.05) is 12.6 Å². The third kappa shape index (κ3) is 4.47. The van der Waals surface area contributed by atoms with Crippen molar-refractivity contribution in [1.82, 2.24) is 5.32 Å². The van der Waals surface area contributed by atoms with E-state index in [1.165, 1.54) is 5.57 Å². The van der Waals surface area contributed by atoms with Crippen LogP contribution in [0.5, 0.6) is 0 Å². The Kier molecular flexibility index (Phi) is 4.74. The van der Waals surface area contributed by atoms with Crippen LogP contribution >= 0.6 is 0 Å². The molecule has 1 unspecified atom stereocenters.